The SMILES string of the molecule is O=C1N[C@H](Cc2ccccc2)C(=O)N[C@@H](Cc2ccccc2)C(=O)N2CCCC[C@@H]2C(=O)N[C@H]1CCCCO. The van der Waals surface area contributed by atoms with E-state index in [2.05, 4.69) is 16.0 Å². The van der Waals surface area contributed by atoms with Gasteiger partial charge in [0.15, 0.2) is 0 Å². The van der Waals surface area contributed by atoms with Crippen molar-refractivity contribution in [2.75, 3.05) is 13.2 Å². The summed E-state index contributed by atoms with van der Waals surface area (Å²) < 4.78 is 0. The second kappa shape index (κ2) is 13.9. The van der Waals surface area contributed by atoms with Crippen molar-refractivity contribution >= 4 is 23.6 Å². The molecule has 2 aromatic carbocycles. The Morgan fingerprint density at radius 1 is 0.692 bits per heavy atom. The van der Waals surface area contributed by atoms with Crippen LogP contribution in [0.25, 0.3) is 0 Å². The number of fused-ring (bicyclic) bond motifs is 1. The van der Waals surface area contributed by atoms with Gasteiger partial charge in [-0.15, -0.1) is 0 Å². The van der Waals surface area contributed by atoms with Gasteiger partial charge in [-0.1, -0.05) is 60.7 Å². The first kappa shape index (κ1) is 28.3. The van der Waals surface area contributed by atoms with Crippen LogP contribution in [0, 0.1) is 0 Å². The molecule has 2 aromatic rings. The van der Waals surface area contributed by atoms with Crippen molar-refractivity contribution in [2.24, 2.45) is 0 Å². The van der Waals surface area contributed by atoms with E-state index < -0.39 is 36.0 Å². The lowest BCUT2D eigenvalue weighted by Gasteiger charge is -2.38. The zero-order valence-electron chi connectivity index (χ0n) is 22.2. The summed E-state index contributed by atoms with van der Waals surface area (Å²) in [4.78, 5) is 56.1. The Labute approximate surface area is 229 Å². The molecular weight excluding hydrogens is 496 g/mol. The number of hydrogen-bond donors (Lipinski definition) is 4. The first-order valence-corrected chi connectivity index (χ1v) is 13.9. The number of aliphatic hydroxyl groups excluding tert-OH is 1. The van der Waals surface area contributed by atoms with Gasteiger partial charge in [0.2, 0.25) is 23.6 Å². The van der Waals surface area contributed by atoms with Crippen LogP contribution >= 0.6 is 0 Å². The van der Waals surface area contributed by atoms with Crippen LogP contribution in [0.15, 0.2) is 60.7 Å². The molecule has 2 fully saturated rings. The monoisotopic (exact) mass is 534 g/mol. The number of aliphatic hydroxyl groups is 1. The summed E-state index contributed by atoms with van der Waals surface area (Å²) in [5.74, 6) is -1.56. The van der Waals surface area contributed by atoms with Crippen molar-refractivity contribution < 1.29 is 24.3 Å². The minimum absolute atomic E-state index is 0.0188. The molecule has 4 atom stereocenters. The summed E-state index contributed by atoms with van der Waals surface area (Å²) in [7, 11) is 0. The van der Waals surface area contributed by atoms with E-state index in [-0.39, 0.29) is 31.3 Å². The first-order valence-electron chi connectivity index (χ1n) is 13.9. The lowest BCUT2D eigenvalue weighted by atomic mass is 9.96. The molecule has 0 radical (unpaired) electrons. The van der Waals surface area contributed by atoms with Crippen LogP contribution in [0.4, 0.5) is 0 Å². The number of nitrogens with one attached hydrogen (secondary N) is 3. The van der Waals surface area contributed by atoms with E-state index in [0.29, 0.717) is 32.2 Å². The molecule has 2 aliphatic rings. The zero-order chi connectivity index (χ0) is 27.6. The van der Waals surface area contributed by atoms with Gasteiger partial charge in [-0.2, -0.15) is 0 Å². The summed E-state index contributed by atoms with van der Waals surface area (Å²) in [6, 6.07) is 15.4. The maximum Gasteiger partial charge on any atom is 0.246 e. The number of carbonyl (C=O) groups is 4. The minimum Gasteiger partial charge on any atom is -0.396 e. The van der Waals surface area contributed by atoms with Crippen LogP contribution in [0.5, 0.6) is 0 Å². The number of hydrogen-bond acceptors (Lipinski definition) is 5. The second-order valence-corrected chi connectivity index (χ2v) is 10.3. The number of benzene rings is 2. The zero-order valence-corrected chi connectivity index (χ0v) is 22.2. The van der Waals surface area contributed by atoms with E-state index in [9.17, 15) is 24.3 Å². The summed E-state index contributed by atoms with van der Waals surface area (Å²) >= 11 is 0. The van der Waals surface area contributed by atoms with E-state index in [4.69, 9.17) is 0 Å². The molecule has 0 aliphatic carbocycles. The number of unbranched alkanes of at least 4 members (excludes halogenated alkanes) is 1. The van der Waals surface area contributed by atoms with E-state index in [0.717, 1.165) is 24.0 Å². The van der Waals surface area contributed by atoms with Gasteiger partial charge in [-0.25, -0.2) is 0 Å². The Kier molecular flexibility index (Phi) is 10.1. The van der Waals surface area contributed by atoms with Gasteiger partial charge in [0.1, 0.15) is 24.2 Å². The Bertz CT molecular complexity index is 1130. The summed E-state index contributed by atoms with van der Waals surface area (Å²) in [6.45, 7) is 0.391. The molecule has 0 aromatic heterocycles. The third kappa shape index (κ3) is 7.66. The summed E-state index contributed by atoms with van der Waals surface area (Å²) in [6.07, 6.45) is 3.87. The number of amides is 4. The Balaban J connectivity index is 1.68. The van der Waals surface area contributed by atoms with Crippen LogP contribution in [0.3, 0.4) is 0 Å². The van der Waals surface area contributed by atoms with E-state index in [1.807, 2.05) is 60.7 Å². The maximum atomic E-state index is 13.9. The second-order valence-electron chi connectivity index (χ2n) is 10.3. The van der Waals surface area contributed by atoms with Crippen molar-refractivity contribution in [1.82, 2.24) is 20.9 Å². The highest BCUT2D eigenvalue weighted by Gasteiger charge is 2.39. The molecule has 0 saturated carbocycles. The lowest BCUT2D eigenvalue weighted by molar-refractivity contribution is -0.146. The molecule has 2 aliphatic heterocycles. The molecule has 0 bridgehead atoms. The highest BCUT2D eigenvalue weighted by Crippen LogP contribution is 2.21. The molecule has 0 unspecified atom stereocenters. The Morgan fingerprint density at radius 3 is 1.90 bits per heavy atom. The highest BCUT2D eigenvalue weighted by atomic mass is 16.3. The average Bonchev–Trinajstić information content (AvgIpc) is 2.96. The predicted octanol–water partition coefficient (Wildman–Crippen LogP) is 1.48. The largest absolute Gasteiger partial charge is 0.396 e. The molecule has 9 nitrogen and oxygen atoms in total. The number of nitrogens with zero attached hydrogens (tertiary/aromatic N) is 1. The number of piperidine rings is 1. The third-order valence-corrected chi connectivity index (χ3v) is 7.44. The fourth-order valence-electron chi connectivity index (χ4n) is 5.32. The topological polar surface area (TPSA) is 128 Å². The summed E-state index contributed by atoms with van der Waals surface area (Å²) in [5.41, 5.74) is 1.74. The van der Waals surface area contributed by atoms with E-state index >= 15 is 0 Å². The average molecular weight is 535 g/mol. The van der Waals surface area contributed by atoms with Crippen LogP contribution in [0.2, 0.25) is 0 Å². The molecule has 2 heterocycles. The van der Waals surface area contributed by atoms with Crippen molar-refractivity contribution in [3.63, 3.8) is 0 Å². The van der Waals surface area contributed by atoms with Crippen molar-refractivity contribution in [2.45, 2.75) is 75.5 Å². The minimum atomic E-state index is -0.945. The standard InChI is InChI=1S/C30H38N4O5/c35-18-10-8-15-23-27(36)32-24(19-21-11-3-1-4-12-21)28(37)33-25(20-22-13-5-2-6-14-22)30(39)34-17-9-7-16-26(34)29(38)31-23/h1-6,11-14,23-26,35H,7-10,15-20H2,(H,31,38)(H,32,36)(H,33,37)/t23-,24+,25-,26+/m0/s1. The molecule has 39 heavy (non-hydrogen) atoms. The molecule has 4 amide bonds. The quantitative estimate of drug-likeness (QED) is 0.382. The molecule has 4 rings (SSSR count). The van der Waals surface area contributed by atoms with Gasteiger partial charge in [-0.3, -0.25) is 19.2 Å². The maximum absolute atomic E-state index is 13.9. The fourth-order valence-corrected chi connectivity index (χ4v) is 5.32. The van der Waals surface area contributed by atoms with Crippen molar-refractivity contribution in [3.8, 4) is 0 Å². The van der Waals surface area contributed by atoms with E-state index in [1.54, 1.807) is 4.90 Å². The molecule has 4 N–H and O–H groups in total. The first-order chi connectivity index (χ1) is 19.0. The van der Waals surface area contributed by atoms with Crippen molar-refractivity contribution in [3.05, 3.63) is 71.8 Å². The van der Waals surface area contributed by atoms with Gasteiger partial charge >= 0.3 is 0 Å². The van der Waals surface area contributed by atoms with Crippen molar-refractivity contribution in [1.29, 1.82) is 0 Å². The lowest BCUT2D eigenvalue weighted by Crippen LogP contribution is -2.63. The van der Waals surface area contributed by atoms with Crippen LogP contribution in [-0.4, -0.2) is 71.0 Å². The number of rotatable bonds is 8. The Hall–Kier alpha value is -3.72. The summed E-state index contributed by atoms with van der Waals surface area (Å²) in [5, 5.41) is 17.9. The molecule has 9 heteroatoms. The van der Waals surface area contributed by atoms with Crippen LogP contribution in [-0.2, 0) is 32.0 Å². The van der Waals surface area contributed by atoms with Gasteiger partial charge < -0.3 is 26.0 Å². The normalized spacial score (nSPS) is 24.5. The van der Waals surface area contributed by atoms with Gasteiger partial charge in [-0.05, 0) is 49.7 Å². The third-order valence-electron chi connectivity index (χ3n) is 7.44. The Morgan fingerprint density at radius 2 is 1.26 bits per heavy atom. The molecule has 0 spiro atoms. The van der Waals surface area contributed by atoms with Crippen LogP contribution < -0.4 is 16.0 Å². The smallest absolute Gasteiger partial charge is 0.246 e. The van der Waals surface area contributed by atoms with Gasteiger partial charge in [0.05, 0.1) is 0 Å². The molecule has 208 valence electrons. The van der Waals surface area contributed by atoms with Gasteiger partial charge in [0, 0.05) is 26.0 Å². The van der Waals surface area contributed by atoms with E-state index in [1.165, 1.54) is 0 Å². The molecular formula is C30H38N4O5. The van der Waals surface area contributed by atoms with Crippen LogP contribution in [0.1, 0.15) is 49.7 Å². The fraction of sp³-hybridized carbons (Fsp3) is 0.467. The predicted molar refractivity (Wildman–Crippen MR) is 146 cm³/mol. The number of carbonyl (C=O) groups excluding carboxylic acids is 4. The molecule has 2 saturated heterocycles. The highest BCUT2D eigenvalue weighted by molar-refractivity contribution is 5.97. The van der Waals surface area contributed by atoms with Gasteiger partial charge in [0.25, 0.3) is 0 Å².